The van der Waals surface area contributed by atoms with Crippen LogP contribution in [0.15, 0.2) is 36.5 Å². The first-order chi connectivity index (χ1) is 12.6. The van der Waals surface area contributed by atoms with Gasteiger partial charge in [-0.15, -0.1) is 0 Å². The fourth-order valence-corrected chi connectivity index (χ4v) is 2.44. The Bertz CT molecular complexity index is 945. The van der Waals surface area contributed by atoms with E-state index in [9.17, 15) is 4.79 Å². The molecule has 0 aliphatic rings. The van der Waals surface area contributed by atoms with Crippen LogP contribution < -0.4 is 20.1 Å². The lowest BCUT2D eigenvalue weighted by Crippen LogP contribution is -2.28. The molecule has 2 aromatic heterocycles. The van der Waals surface area contributed by atoms with Crippen molar-refractivity contribution in [1.29, 1.82) is 0 Å². The van der Waals surface area contributed by atoms with Crippen LogP contribution in [0.25, 0.3) is 22.4 Å². The number of fused-ring (bicyclic) bond motifs is 1. The number of rotatable bonds is 5. The number of urea groups is 1. The second-order valence-corrected chi connectivity index (χ2v) is 5.35. The van der Waals surface area contributed by atoms with E-state index in [2.05, 4.69) is 25.6 Å². The molecular weight excluding hydrogens is 334 g/mol. The fraction of sp³-hybridized carbons (Fsp3) is 0.222. The van der Waals surface area contributed by atoms with Crippen LogP contribution in [-0.4, -0.2) is 41.7 Å². The van der Waals surface area contributed by atoms with E-state index in [-0.39, 0.29) is 6.03 Å². The Morgan fingerprint density at radius 1 is 1.08 bits per heavy atom. The van der Waals surface area contributed by atoms with E-state index < -0.39 is 0 Å². The largest absolute Gasteiger partial charge is 0.493 e. The molecule has 0 saturated heterocycles. The van der Waals surface area contributed by atoms with Gasteiger partial charge in [-0.05, 0) is 37.3 Å². The molecule has 0 radical (unpaired) electrons. The van der Waals surface area contributed by atoms with Gasteiger partial charge in [0.2, 0.25) is 0 Å². The summed E-state index contributed by atoms with van der Waals surface area (Å²) >= 11 is 0. The van der Waals surface area contributed by atoms with Gasteiger partial charge >= 0.3 is 6.03 Å². The van der Waals surface area contributed by atoms with E-state index in [4.69, 9.17) is 9.47 Å². The number of benzene rings is 1. The van der Waals surface area contributed by atoms with Crippen LogP contribution in [0.5, 0.6) is 11.5 Å². The number of nitrogens with zero attached hydrogens (tertiary/aromatic N) is 3. The summed E-state index contributed by atoms with van der Waals surface area (Å²) in [5.74, 6) is 1.59. The first-order valence-electron chi connectivity index (χ1n) is 8.05. The summed E-state index contributed by atoms with van der Waals surface area (Å²) in [5.41, 5.74) is 2.64. The standard InChI is InChI=1S/C18H19N5O3/c1-4-19-18(24)23-16-10-20-13-7-6-12(21-17(13)22-16)11-5-8-14(25-2)15(9-11)26-3/h5-10H,4H2,1-3H3,(H2,19,21,22,23,24). The van der Waals surface area contributed by atoms with Crippen molar-refractivity contribution in [2.24, 2.45) is 0 Å². The molecule has 0 aliphatic carbocycles. The molecule has 0 spiro atoms. The number of hydrogen-bond acceptors (Lipinski definition) is 6. The number of methoxy groups -OCH3 is 2. The van der Waals surface area contributed by atoms with Gasteiger partial charge in [0.15, 0.2) is 23.0 Å². The maximum atomic E-state index is 11.6. The van der Waals surface area contributed by atoms with Crippen LogP contribution in [0.3, 0.4) is 0 Å². The highest BCUT2D eigenvalue weighted by Crippen LogP contribution is 2.31. The number of carbonyl (C=O) groups is 1. The van der Waals surface area contributed by atoms with Crippen molar-refractivity contribution < 1.29 is 14.3 Å². The molecule has 8 heteroatoms. The SMILES string of the molecule is CCNC(=O)Nc1cnc2ccc(-c3ccc(OC)c(OC)c3)nc2n1. The van der Waals surface area contributed by atoms with E-state index in [0.29, 0.717) is 40.7 Å². The molecule has 0 aliphatic heterocycles. The number of pyridine rings is 1. The summed E-state index contributed by atoms with van der Waals surface area (Å²) in [6.07, 6.45) is 1.50. The first-order valence-corrected chi connectivity index (χ1v) is 8.05. The fourth-order valence-electron chi connectivity index (χ4n) is 2.44. The summed E-state index contributed by atoms with van der Waals surface area (Å²) < 4.78 is 10.6. The van der Waals surface area contributed by atoms with E-state index in [1.165, 1.54) is 6.20 Å². The predicted octanol–water partition coefficient (Wildman–Crippen LogP) is 2.85. The lowest BCUT2D eigenvalue weighted by atomic mass is 10.1. The van der Waals surface area contributed by atoms with Crippen LogP contribution in [-0.2, 0) is 0 Å². The zero-order chi connectivity index (χ0) is 18.5. The quantitative estimate of drug-likeness (QED) is 0.732. The Balaban J connectivity index is 1.96. The Morgan fingerprint density at radius 3 is 2.62 bits per heavy atom. The summed E-state index contributed by atoms with van der Waals surface area (Å²) in [6.45, 7) is 2.36. The van der Waals surface area contributed by atoms with Gasteiger partial charge in [-0.1, -0.05) is 0 Å². The minimum atomic E-state index is -0.336. The predicted molar refractivity (Wildman–Crippen MR) is 98.6 cm³/mol. The molecule has 8 nitrogen and oxygen atoms in total. The summed E-state index contributed by atoms with van der Waals surface area (Å²) in [6, 6.07) is 8.90. The van der Waals surface area contributed by atoms with Crippen LogP contribution in [0.1, 0.15) is 6.92 Å². The van der Waals surface area contributed by atoms with E-state index >= 15 is 0 Å². The molecule has 26 heavy (non-hydrogen) atoms. The third-order valence-corrected chi connectivity index (χ3v) is 3.67. The smallest absolute Gasteiger partial charge is 0.320 e. The molecule has 3 rings (SSSR count). The summed E-state index contributed by atoms with van der Waals surface area (Å²) in [7, 11) is 3.17. The van der Waals surface area contributed by atoms with Gasteiger partial charge in [0.25, 0.3) is 0 Å². The molecule has 134 valence electrons. The normalized spacial score (nSPS) is 10.4. The van der Waals surface area contributed by atoms with Crippen molar-refractivity contribution in [3.63, 3.8) is 0 Å². The monoisotopic (exact) mass is 353 g/mol. The lowest BCUT2D eigenvalue weighted by molar-refractivity contribution is 0.252. The molecule has 0 bridgehead atoms. The van der Waals surface area contributed by atoms with Crippen molar-refractivity contribution in [1.82, 2.24) is 20.3 Å². The van der Waals surface area contributed by atoms with Crippen molar-refractivity contribution in [2.45, 2.75) is 6.92 Å². The number of carbonyl (C=O) groups excluding carboxylic acids is 1. The highest BCUT2D eigenvalue weighted by molar-refractivity contribution is 5.89. The number of hydrogen-bond donors (Lipinski definition) is 2. The number of ether oxygens (including phenoxy) is 2. The summed E-state index contributed by atoms with van der Waals surface area (Å²) in [4.78, 5) is 24.8. The minimum absolute atomic E-state index is 0.334. The first kappa shape index (κ1) is 17.4. The molecule has 0 unspecified atom stereocenters. The second-order valence-electron chi connectivity index (χ2n) is 5.35. The zero-order valence-electron chi connectivity index (χ0n) is 14.7. The number of anilines is 1. The molecule has 1 aromatic carbocycles. The maximum Gasteiger partial charge on any atom is 0.320 e. The van der Waals surface area contributed by atoms with Crippen molar-refractivity contribution >= 4 is 23.0 Å². The number of amides is 2. The number of nitrogens with one attached hydrogen (secondary N) is 2. The summed E-state index contributed by atoms with van der Waals surface area (Å²) in [5, 5.41) is 5.27. The lowest BCUT2D eigenvalue weighted by Gasteiger charge is -2.10. The van der Waals surface area contributed by atoms with Crippen molar-refractivity contribution in [3.05, 3.63) is 36.5 Å². The van der Waals surface area contributed by atoms with Crippen LogP contribution >= 0.6 is 0 Å². The average Bonchev–Trinajstić information content (AvgIpc) is 2.67. The molecule has 0 atom stereocenters. The molecular formula is C18H19N5O3. The topological polar surface area (TPSA) is 98.3 Å². The Kier molecular flexibility index (Phi) is 5.12. The van der Waals surface area contributed by atoms with Crippen LogP contribution in [0.4, 0.5) is 10.6 Å². The van der Waals surface area contributed by atoms with Gasteiger partial charge in [0.1, 0.15) is 5.52 Å². The van der Waals surface area contributed by atoms with Gasteiger partial charge in [-0.3, -0.25) is 5.32 Å². The van der Waals surface area contributed by atoms with E-state index in [0.717, 1.165) is 5.56 Å². The second kappa shape index (κ2) is 7.64. The Morgan fingerprint density at radius 2 is 1.88 bits per heavy atom. The van der Waals surface area contributed by atoms with Gasteiger partial charge in [0, 0.05) is 12.1 Å². The van der Waals surface area contributed by atoms with E-state index in [1.54, 1.807) is 14.2 Å². The molecule has 0 saturated carbocycles. The van der Waals surface area contributed by atoms with Gasteiger partial charge in [0.05, 0.1) is 26.1 Å². The minimum Gasteiger partial charge on any atom is -0.493 e. The van der Waals surface area contributed by atoms with Crippen LogP contribution in [0, 0.1) is 0 Å². The molecule has 0 fully saturated rings. The zero-order valence-corrected chi connectivity index (χ0v) is 14.7. The van der Waals surface area contributed by atoms with Crippen LogP contribution in [0.2, 0.25) is 0 Å². The average molecular weight is 353 g/mol. The number of aromatic nitrogens is 3. The third-order valence-electron chi connectivity index (χ3n) is 3.67. The highest BCUT2D eigenvalue weighted by atomic mass is 16.5. The Labute approximate surface area is 150 Å². The molecule has 2 amide bonds. The van der Waals surface area contributed by atoms with E-state index in [1.807, 2.05) is 37.3 Å². The molecule has 2 N–H and O–H groups in total. The molecule has 3 aromatic rings. The van der Waals surface area contributed by atoms with Gasteiger partial charge < -0.3 is 14.8 Å². The van der Waals surface area contributed by atoms with Crippen molar-refractivity contribution in [3.8, 4) is 22.8 Å². The maximum absolute atomic E-state index is 11.6. The molecule has 2 heterocycles. The highest BCUT2D eigenvalue weighted by Gasteiger charge is 2.10. The van der Waals surface area contributed by atoms with Gasteiger partial charge in [-0.2, -0.15) is 0 Å². The Hall–Kier alpha value is -3.42. The van der Waals surface area contributed by atoms with Gasteiger partial charge in [-0.25, -0.2) is 19.7 Å². The van der Waals surface area contributed by atoms with Crippen molar-refractivity contribution in [2.75, 3.05) is 26.1 Å². The third kappa shape index (κ3) is 3.64.